The van der Waals surface area contributed by atoms with Crippen LogP contribution >= 0.6 is 11.3 Å². The molecule has 1 aromatic carbocycles. The van der Waals surface area contributed by atoms with Crippen LogP contribution in [0.4, 0.5) is 0 Å². The molecule has 0 saturated heterocycles. The highest BCUT2D eigenvalue weighted by molar-refractivity contribution is 7.18. The Labute approximate surface area is 154 Å². The van der Waals surface area contributed by atoms with E-state index in [0.717, 1.165) is 37.1 Å². The quantitative estimate of drug-likeness (QED) is 0.814. The van der Waals surface area contributed by atoms with Gasteiger partial charge in [-0.25, -0.2) is 4.98 Å². The molecule has 2 atom stereocenters. The fourth-order valence-corrected chi connectivity index (χ4v) is 5.67. The van der Waals surface area contributed by atoms with Crippen LogP contribution in [0.5, 0.6) is 0 Å². The molecule has 0 aliphatic heterocycles. The minimum Gasteiger partial charge on any atom is -0.353 e. The zero-order valence-corrected chi connectivity index (χ0v) is 15.9. The lowest BCUT2D eigenvalue weighted by Gasteiger charge is -2.32. The molecule has 1 aromatic heterocycles. The summed E-state index contributed by atoms with van der Waals surface area (Å²) in [5, 5.41) is 4.55. The number of hydrogen-bond acceptors (Lipinski definition) is 3. The van der Waals surface area contributed by atoms with E-state index >= 15 is 0 Å². The maximum Gasteiger partial charge on any atom is 0.224 e. The van der Waals surface area contributed by atoms with Gasteiger partial charge < -0.3 is 5.32 Å². The van der Waals surface area contributed by atoms with Gasteiger partial charge in [-0.1, -0.05) is 31.9 Å². The molecule has 2 aliphatic rings. The summed E-state index contributed by atoms with van der Waals surface area (Å²) >= 11 is 1.78. The summed E-state index contributed by atoms with van der Waals surface area (Å²) < 4.78 is 1.24. The Morgan fingerprint density at radius 3 is 2.64 bits per heavy atom. The molecule has 0 spiro atoms. The Hall–Kier alpha value is -1.42. The van der Waals surface area contributed by atoms with Gasteiger partial charge in [0.25, 0.3) is 0 Å². The Kier molecular flexibility index (Phi) is 5.07. The second-order valence-corrected chi connectivity index (χ2v) is 9.04. The van der Waals surface area contributed by atoms with Crippen molar-refractivity contribution >= 4 is 27.5 Å². The number of fused-ring (bicyclic) bond motifs is 1. The highest BCUT2D eigenvalue weighted by Gasteiger charge is 2.35. The van der Waals surface area contributed by atoms with Gasteiger partial charge in [-0.15, -0.1) is 11.3 Å². The largest absolute Gasteiger partial charge is 0.353 e. The van der Waals surface area contributed by atoms with E-state index in [1.54, 1.807) is 11.3 Å². The van der Waals surface area contributed by atoms with Crippen LogP contribution in [-0.4, -0.2) is 16.9 Å². The van der Waals surface area contributed by atoms with Crippen LogP contribution in [0.1, 0.15) is 69.2 Å². The topological polar surface area (TPSA) is 42.0 Å². The first kappa shape index (κ1) is 17.0. The zero-order valence-electron chi connectivity index (χ0n) is 15.0. The number of nitrogens with one attached hydrogen (secondary N) is 1. The molecule has 2 aromatic rings. The summed E-state index contributed by atoms with van der Waals surface area (Å²) in [5.41, 5.74) is 1.08. The summed E-state index contributed by atoms with van der Waals surface area (Å²) in [4.78, 5) is 17.9. The van der Waals surface area contributed by atoms with Crippen molar-refractivity contribution < 1.29 is 4.79 Å². The summed E-state index contributed by atoms with van der Waals surface area (Å²) in [6, 6.07) is 8.72. The van der Waals surface area contributed by atoms with Crippen LogP contribution in [-0.2, 0) is 4.79 Å². The Bertz CT molecular complexity index is 699. The molecule has 1 amide bonds. The molecule has 1 N–H and O–H groups in total. The van der Waals surface area contributed by atoms with Crippen LogP contribution in [0.3, 0.4) is 0 Å². The minimum atomic E-state index is 0.105. The summed E-state index contributed by atoms with van der Waals surface area (Å²) in [7, 11) is 0. The third-order valence-corrected chi connectivity index (χ3v) is 7.26. The van der Waals surface area contributed by atoms with Crippen molar-refractivity contribution in [1.29, 1.82) is 0 Å². The summed E-state index contributed by atoms with van der Waals surface area (Å²) in [6.45, 7) is 2.32. The Morgan fingerprint density at radius 1 is 1.08 bits per heavy atom. The van der Waals surface area contributed by atoms with E-state index in [4.69, 9.17) is 4.98 Å². The SMILES string of the molecule is CC1CCC(NC(=O)[C@H]2CCCC[C@@H]2c2nc3ccccc3s2)CC1. The van der Waals surface area contributed by atoms with E-state index in [1.165, 1.54) is 35.4 Å². The molecular weight excluding hydrogens is 328 g/mol. The number of amides is 1. The minimum absolute atomic E-state index is 0.105. The molecule has 4 rings (SSSR count). The van der Waals surface area contributed by atoms with Crippen molar-refractivity contribution in [2.24, 2.45) is 11.8 Å². The van der Waals surface area contributed by atoms with Gasteiger partial charge in [0.05, 0.1) is 15.2 Å². The number of carbonyl (C=O) groups excluding carboxylic acids is 1. The van der Waals surface area contributed by atoms with Crippen LogP contribution in [0.2, 0.25) is 0 Å². The first-order valence-corrected chi connectivity index (χ1v) is 10.7. The summed E-state index contributed by atoms with van der Waals surface area (Å²) in [5.74, 6) is 1.50. The van der Waals surface area contributed by atoms with E-state index in [9.17, 15) is 4.79 Å². The van der Waals surface area contributed by atoms with Gasteiger partial charge in [-0.05, 0) is 56.6 Å². The molecule has 134 valence electrons. The van der Waals surface area contributed by atoms with Crippen LogP contribution in [0.15, 0.2) is 24.3 Å². The maximum atomic E-state index is 13.0. The highest BCUT2D eigenvalue weighted by atomic mass is 32.1. The van der Waals surface area contributed by atoms with Crippen molar-refractivity contribution in [3.63, 3.8) is 0 Å². The fourth-order valence-electron chi connectivity index (χ4n) is 4.50. The zero-order chi connectivity index (χ0) is 17.2. The van der Waals surface area contributed by atoms with Crippen LogP contribution < -0.4 is 5.32 Å². The lowest BCUT2D eigenvalue weighted by molar-refractivity contribution is -0.127. The van der Waals surface area contributed by atoms with E-state index in [-0.39, 0.29) is 11.8 Å². The van der Waals surface area contributed by atoms with Gasteiger partial charge in [0.15, 0.2) is 0 Å². The Balaban J connectivity index is 1.49. The second-order valence-electron chi connectivity index (χ2n) is 7.98. The summed E-state index contributed by atoms with van der Waals surface area (Å²) in [6.07, 6.45) is 9.27. The first-order valence-electron chi connectivity index (χ1n) is 9.86. The van der Waals surface area contributed by atoms with Crippen molar-refractivity contribution in [2.45, 2.75) is 70.3 Å². The number of aromatic nitrogens is 1. The number of hydrogen-bond donors (Lipinski definition) is 1. The van der Waals surface area contributed by atoms with E-state index in [1.807, 2.05) is 6.07 Å². The molecule has 0 bridgehead atoms. The molecule has 4 heteroatoms. The third-order valence-electron chi connectivity index (χ3n) is 6.09. The molecule has 1 heterocycles. The number of nitrogens with zero attached hydrogens (tertiary/aromatic N) is 1. The van der Waals surface area contributed by atoms with Gasteiger partial charge in [-0.2, -0.15) is 0 Å². The van der Waals surface area contributed by atoms with Gasteiger partial charge in [0.1, 0.15) is 0 Å². The van der Waals surface area contributed by atoms with Crippen molar-refractivity contribution in [3.8, 4) is 0 Å². The van der Waals surface area contributed by atoms with E-state index in [2.05, 4.69) is 30.4 Å². The monoisotopic (exact) mass is 356 g/mol. The number of para-hydroxylation sites is 1. The molecule has 3 nitrogen and oxygen atoms in total. The Morgan fingerprint density at radius 2 is 1.84 bits per heavy atom. The van der Waals surface area contributed by atoms with Crippen molar-refractivity contribution in [2.75, 3.05) is 0 Å². The smallest absolute Gasteiger partial charge is 0.224 e. The predicted octanol–water partition coefficient (Wildman–Crippen LogP) is 5.27. The number of rotatable bonds is 3. The number of carbonyl (C=O) groups is 1. The molecule has 0 radical (unpaired) electrons. The van der Waals surface area contributed by atoms with Gasteiger partial charge in [-0.3, -0.25) is 4.79 Å². The predicted molar refractivity (Wildman–Crippen MR) is 104 cm³/mol. The molecule has 2 aliphatic carbocycles. The first-order chi connectivity index (χ1) is 12.2. The maximum absolute atomic E-state index is 13.0. The average Bonchev–Trinajstić information content (AvgIpc) is 3.07. The van der Waals surface area contributed by atoms with E-state index < -0.39 is 0 Å². The van der Waals surface area contributed by atoms with Crippen LogP contribution in [0.25, 0.3) is 10.2 Å². The average molecular weight is 357 g/mol. The molecule has 2 saturated carbocycles. The standard InChI is InChI=1S/C21H28N2OS/c1-14-10-12-15(13-11-14)22-20(24)16-6-2-3-7-17(16)21-23-18-8-4-5-9-19(18)25-21/h4-5,8-9,14-17H,2-3,6-7,10-13H2,1H3,(H,22,24)/t14?,15?,16-,17-/m0/s1. The molecule has 25 heavy (non-hydrogen) atoms. The highest BCUT2D eigenvalue weighted by Crippen LogP contribution is 2.41. The number of thiazole rings is 1. The third kappa shape index (κ3) is 3.74. The van der Waals surface area contributed by atoms with Gasteiger partial charge >= 0.3 is 0 Å². The van der Waals surface area contributed by atoms with Gasteiger partial charge in [0, 0.05) is 17.9 Å². The van der Waals surface area contributed by atoms with E-state index in [0.29, 0.717) is 12.0 Å². The lowest BCUT2D eigenvalue weighted by Crippen LogP contribution is -2.43. The molecule has 2 fully saturated rings. The van der Waals surface area contributed by atoms with Gasteiger partial charge in [0.2, 0.25) is 5.91 Å². The van der Waals surface area contributed by atoms with Crippen molar-refractivity contribution in [1.82, 2.24) is 10.3 Å². The normalized spacial score (nSPS) is 30.3. The molecule has 0 unspecified atom stereocenters. The molecular formula is C21H28N2OS. The fraction of sp³-hybridized carbons (Fsp3) is 0.619. The number of benzene rings is 1. The van der Waals surface area contributed by atoms with Crippen molar-refractivity contribution in [3.05, 3.63) is 29.3 Å². The van der Waals surface area contributed by atoms with Crippen LogP contribution in [0, 0.1) is 11.8 Å². The lowest BCUT2D eigenvalue weighted by atomic mass is 9.78. The second kappa shape index (κ2) is 7.45.